The molecule has 0 amide bonds. The molecule has 0 radical (unpaired) electrons. The zero-order chi connectivity index (χ0) is 9.42. The minimum Gasteiger partial charge on any atom is -0.206 e. The summed E-state index contributed by atoms with van der Waals surface area (Å²) in [5.74, 6) is -0.708. The lowest BCUT2D eigenvalue weighted by Gasteiger charge is -1.96. The second-order valence-corrected chi connectivity index (χ2v) is 4.07. The van der Waals surface area contributed by atoms with Crippen LogP contribution in [0.5, 0.6) is 0 Å². The topological polar surface area (TPSA) is 0 Å². The van der Waals surface area contributed by atoms with Gasteiger partial charge in [-0.15, -0.1) is 11.3 Å². The number of alkyl halides is 1. The molecule has 0 unspecified atom stereocenters. The van der Waals surface area contributed by atoms with Gasteiger partial charge < -0.3 is 0 Å². The Labute approximate surface area is 86.3 Å². The third-order valence-corrected chi connectivity index (χ3v) is 3.48. The molecule has 0 saturated carbocycles. The molecule has 0 aliphatic carbocycles. The third kappa shape index (κ3) is 1.38. The van der Waals surface area contributed by atoms with E-state index in [0.717, 1.165) is 17.7 Å². The molecule has 1 heterocycles. The van der Waals surface area contributed by atoms with Gasteiger partial charge in [0, 0.05) is 10.7 Å². The minimum atomic E-state index is -0.355. The number of hydrogen-bond donors (Lipinski definition) is 0. The molecule has 2 rings (SSSR count). The van der Waals surface area contributed by atoms with Crippen molar-refractivity contribution < 1.29 is 8.78 Å². The first-order valence-corrected chi connectivity index (χ1v) is 5.64. The van der Waals surface area contributed by atoms with E-state index in [9.17, 15) is 8.78 Å². The molecule has 1 aromatic carbocycles. The molecule has 13 heavy (non-hydrogen) atoms. The third-order valence-electron chi connectivity index (χ3n) is 1.84. The molecule has 0 atom stereocenters. The second kappa shape index (κ2) is 3.35. The van der Waals surface area contributed by atoms with Gasteiger partial charge in [-0.25, -0.2) is 8.78 Å². The van der Waals surface area contributed by atoms with E-state index in [4.69, 9.17) is 0 Å². The van der Waals surface area contributed by atoms with Gasteiger partial charge in [0.05, 0.1) is 4.70 Å². The normalized spacial score (nSPS) is 11.0. The van der Waals surface area contributed by atoms with Crippen LogP contribution in [0.15, 0.2) is 17.5 Å². The van der Waals surface area contributed by atoms with Crippen molar-refractivity contribution in [3.8, 4) is 0 Å². The summed E-state index contributed by atoms with van der Waals surface area (Å²) in [6, 6.07) is 2.32. The highest BCUT2D eigenvalue weighted by Crippen LogP contribution is 2.31. The van der Waals surface area contributed by atoms with Crippen LogP contribution < -0.4 is 0 Å². The van der Waals surface area contributed by atoms with Gasteiger partial charge in [-0.05, 0) is 23.1 Å². The Hall–Kier alpha value is -0.480. The lowest BCUT2D eigenvalue weighted by molar-refractivity contribution is 0.619. The molecule has 2 aromatic rings. The van der Waals surface area contributed by atoms with E-state index < -0.39 is 0 Å². The molecule has 0 nitrogen and oxygen atoms in total. The molecule has 0 N–H and O–H groups in total. The van der Waals surface area contributed by atoms with Crippen molar-refractivity contribution in [2.24, 2.45) is 0 Å². The smallest absolute Gasteiger partial charge is 0.141 e. The monoisotopic (exact) mass is 262 g/mol. The molecule has 0 aliphatic heterocycles. The molecule has 0 bridgehead atoms. The summed E-state index contributed by atoms with van der Waals surface area (Å²) in [7, 11) is 0. The maximum absolute atomic E-state index is 13.3. The Morgan fingerprint density at radius 2 is 1.92 bits per heavy atom. The van der Waals surface area contributed by atoms with E-state index in [1.54, 1.807) is 5.38 Å². The number of rotatable bonds is 1. The van der Waals surface area contributed by atoms with Crippen molar-refractivity contribution in [3.63, 3.8) is 0 Å². The van der Waals surface area contributed by atoms with E-state index in [1.807, 2.05) is 0 Å². The molecule has 0 saturated heterocycles. The van der Waals surface area contributed by atoms with Crippen LogP contribution in [-0.2, 0) is 5.33 Å². The van der Waals surface area contributed by atoms with Gasteiger partial charge in [0.15, 0.2) is 0 Å². The SMILES string of the molecule is Fc1ccc(F)c2c(CBr)csc12. The van der Waals surface area contributed by atoms with Crippen LogP contribution in [0.4, 0.5) is 8.78 Å². The number of thiophene rings is 1. The van der Waals surface area contributed by atoms with E-state index in [1.165, 1.54) is 11.3 Å². The van der Waals surface area contributed by atoms with Gasteiger partial charge in [0.1, 0.15) is 11.6 Å². The Kier molecular flexibility index (Phi) is 2.34. The van der Waals surface area contributed by atoms with E-state index in [-0.39, 0.29) is 11.6 Å². The van der Waals surface area contributed by atoms with Gasteiger partial charge in [0.25, 0.3) is 0 Å². The van der Waals surface area contributed by atoms with Crippen LogP contribution in [0.25, 0.3) is 10.1 Å². The van der Waals surface area contributed by atoms with Gasteiger partial charge in [-0.1, -0.05) is 15.9 Å². The van der Waals surface area contributed by atoms with Crippen molar-refractivity contribution in [1.82, 2.24) is 0 Å². The predicted octanol–water partition coefficient (Wildman–Crippen LogP) is 4.07. The lowest BCUT2D eigenvalue weighted by Crippen LogP contribution is -1.82. The summed E-state index contributed by atoms with van der Waals surface area (Å²) >= 11 is 4.47. The van der Waals surface area contributed by atoms with Crippen molar-refractivity contribution in [2.45, 2.75) is 5.33 Å². The fraction of sp³-hybridized carbons (Fsp3) is 0.111. The van der Waals surface area contributed by atoms with Crippen LogP contribution in [0.2, 0.25) is 0 Å². The molecule has 0 fully saturated rings. The van der Waals surface area contributed by atoms with Crippen molar-refractivity contribution in [2.75, 3.05) is 0 Å². The maximum atomic E-state index is 13.3. The second-order valence-electron chi connectivity index (χ2n) is 2.63. The molecule has 0 aliphatic rings. The number of halogens is 3. The van der Waals surface area contributed by atoms with E-state index in [0.29, 0.717) is 15.4 Å². The lowest BCUT2D eigenvalue weighted by atomic mass is 10.2. The summed E-state index contributed by atoms with van der Waals surface area (Å²) in [5, 5.41) is 2.72. The summed E-state index contributed by atoms with van der Waals surface area (Å²) in [5.41, 5.74) is 0.803. The molecule has 1 aromatic heterocycles. The summed E-state index contributed by atoms with van der Waals surface area (Å²) < 4.78 is 26.8. The van der Waals surface area contributed by atoms with Gasteiger partial charge in [-0.2, -0.15) is 0 Å². The molecule has 4 heteroatoms. The van der Waals surface area contributed by atoms with Crippen LogP contribution in [0.1, 0.15) is 5.56 Å². The summed E-state index contributed by atoms with van der Waals surface area (Å²) in [6.07, 6.45) is 0. The molecule has 68 valence electrons. The highest BCUT2D eigenvalue weighted by molar-refractivity contribution is 9.08. The average molecular weight is 263 g/mol. The van der Waals surface area contributed by atoms with E-state index >= 15 is 0 Å². The number of benzene rings is 1. The highest BCUT2D eigenvalue weighted by atomic mass is 79.9. The molecular weight excluding hydrogens is 258 g/mol. The standard InChI is InChI=1S/C9H5BrF2S/c10-3-5-4-13-9-7(12)2-1-6(11)8(5)9/h1-2,4H,3H2. The minimum absolute atomic E-state index is 0.353. The Morgan fingerprint density at radius 1 is 1.23 bits per heavy atom. The van der Waals surface area contributed by atoms with Gasteiger partial charge >= 0.3 is 0 Å². The first-order valence-electron chi connectivity index (χ1n) is 3.64. The van der Waals surface area contributed by atoms with Gasteiger partial charge in [-0.3, -0.25) is 0 Å². The Morgan fingerprint density at radius 3 is 2.62 bits per heavy atom. The van der Waals surface area contributed by atoms with Crippen LogP contribution >= 0.6 is 27.3 Å². The van der Waals surface area contributed by atoms with Crippen LogP contribution in [0, 0.1) is 11.6 Å². The van der Waals surface area contributed by atoms with Crippen LogP contribution in [-0.4, -0.2) is 0 Å². The van der Waals surface area contributed by atoms with Crippen molar-refractivity contribution in [3.05, 3.63) is 34.7 Å². The number of hydrogen-bond acceptors (Lipinski definition) is 1. The first-order chi connectivity index (χ1) is 6.24. The first kappa shape index (κ1) is 9.09. The Bertz CT molecular complexity index is 450. The fourth-order valence-electron chi connectivity index (χ4n) is 1.23. The summed E-state index contributed by atoms with van der Waals surface area (Å²) in [6.45, 7) is 0. The molecular formula is C9H5BrF2S. The average Bonchev–Trinajstić information content (AvgIpc) is 2.56. The zero-order valence-electron chi connectivity index (χ0n) is 6.48. The number of fused-ring (bicyclic) bond motifs is 1. The zero-order valence-corrected chi connectivity index (χ0v) is 8.88. The van der Waals surface area contributed by atoms with Crippen LogP contribution in [0.3, 0.4) is 0 Å². The fourth-order valence-corrected chi connectivity index (χ4v) is 2.88. The predicted molar refractivity (Wildman–Crippen MR) is 54.4 cm³/mol. The van der Waals surface area contributed by atoms with Crippen molar-refractivity contribution in [1.29, 1.82) is 0 Å². The molecule has 0 spiro atoms. The van der Waals surface area contributed by atoms with E-state index in [2.05, 4.69) is 15.9 Å². The largest absolute Gasteiger partial charge is 0.206 e. The van der Waals surface area contributed by atoms with Crippen molar-refractivity contribution >= 4 is 37.4 Å². The van der Waals surface area contributed by atoms with Gasteiger partial charge in [0.2, 0.25) is 0 Å². The Balaban J connectivity index is 2.87. The maximum Gasteiger partial charge on any atom is 0.141 e. The highest BCUT2D eigenvalue weighted by Gasteiger charge is 2.11. The quantitative estimate of drug-likeness (QED) is 0.680. The summed E-state index contributed by atoms with van der Waals surface area (Å²) in [4.78, 5) is 0.